The maximum absolute atomic E-state index is 12.7. The van der Waals surface area contributed by atoms with Crippen molar-refractivity contribution in [1.29, 1.82) is 0 Å². The van der Waals surface area contributed by atoms with Crippen LogP contribution in [-0.4, -0.2) is 90.8 Å². The zero-order valence-corrected chi connectivity index (χ0v) is 19.9. The minimum absolute atomic E-state index is 0.218. The van der Waals surface area contributed by atoms with E-state index >= 15 is 0 Å². The summed E-state index contributed by atoms with van der Waals surface area (Å²) in [6.45, 7) is 5.58. The molecule has 11 heteroatoms. The Bertz CT molecular complexity index is 908. The maximum atomic E-state index is 12.7. The summed E-state index contributed by atoms with van der Waals surface area (Å²) in [5.41, 5.74) is 2.14. The van der Waals surface area contributed by atoms with E-state index in [4.69, 9.17) is 11.6 Å². The first kappa shape index (κ1) is 24.9. The van der Waals surface area contributed by atoms with E-state index < -0.39 is 18.4 Å². The van der Waals surface area contributed by atoms with E-state index in [1.807, 2.05) is 23.1 Å². The summed E-state index contributed by atoms with van der Waals surface area (Å²) in [7, 11) is 0. The van der Waals surface area contributed by atoms with Crippen molar-refractivity contribution in [2.24, 2.45) is 0 Å². The van der Waals surface area contributed by atoms with Crippen LogP contribution in [0.15, 0.2) is 18.2 Å². The second-order valence-corrected chi connectivity index (χ2v) is 9.62. The molecule has 0 aliphatic carbocycles. The van der Waals surface area contributed by atoms with Gasteiger partial charge in [-0.1, -0.05) is 17.7 Å². The van der Waals surface area contributed by atoms with E-state index in [2.05, 4.69) is 14.5 Å². The molecule has 0 spiro atoms. The van der Waals surface area contributed by atoms with Crippen molar-refractivity contribution in [3.63, 3.8) is 0 Å². The molecule has 3 fully saturated rings. The van der Waals surface area contributed by atoms with Gasteiger partial charge in [-0.25, -0.2) is 4.79 Å². The zero-order valence-electron chi connectivity index (χ0n) is 19.2. The number of likely N-dealkylation sites (tertiary alicyclic amines) is 1. The molecule has 3 heterocycles. The van der Waals surface area contributed by atoms with E-state index in [9.17, 15) is 22.8 Å². The Hall–Kier alpha value is -2.20. The average Bonchev–Trinajstić information content (AvgIpc) is 3.43. The highest BCUT2D eigenvalue weighted by atomic mass is 35.5. The summed E-state index contributed by atoms with van der Waals surface area (Å²) in [5, 5.41) is 0.644. The van der Waals surface area contributed by atoms with Gasteiger partial charge in [-0.05, 0) is 37.5 Å². The average molecular weight is 503 g/mol. The highest BCUT2D eigenvalue weighted by Gasteiger charge is 2.40. The Morgan fingerprint density at radius 2 is 1.91 bits per heavy atom. The van der Waals surface area contributed by atoms with E-state index in [0.717, 1.165) is 50.7 Å². The SMILES string of the molecule is CC(OC(=O)N1CCN(Cc2ccc(Cl)cc2N2CC[C@H](N3CCCC3=O)C2)CC1)C(F)(F)F. The van der Waals surface area contributed by atoms with Crippen LogP contribution < -0.4 is 4.90 Å². The number of piperazine rings is 1. The van der Waals surface area contributed by atoms with Crippen LogP contribution in [0.25, 0.3) is 0 Å². The van der Waals surface area contributed by atoms with Crippen LogP contribution >= 0.6 is 11.6 Å². The van der Waals surface area contributed by atoms with Crippen LogP contribution in [0, 0.1) is 0 Å². The van der Waals surface area contributed by atoms with Crippen LogP contribution in [0.5, 0.6) is 0 Å². The van der Waals surface area contributed by atoms with Gasteiger partial charge in [0.05, 0.1) is 6.04 Å². The minimum Gasteiger partial charge on any atom is -0.437 e. The van der Waals surface area contributed by atoms with Gasteiger partial charge in [0.15, 0.2) is 6.10 Å². The van der Waals surface area contributed by atoms with Gasteiger partial charge < -0.3 is 19.4 Å². The van der Waals surface area contributed by atoms with Crippen molar-refractivity contribution >= 4 is 29.3 Å². The number of anilines is 1. The minimum atomic E-state index is -4.57. The predicted octanol–water partition coefficient (Wildman–Crippen LogP) is 3.75. The standard InChI is InChI=1S/C23H30ClF3N4O3/c1-16(23(25,26)27)34-22(33)29-11-9-28(10-12-29)14-17-4-5-18(24)13-20(17)30-8-6-19(15-30)31-7-2-3-21(31)32/h4-5,13,16,19H,2-3,6-12,14-15H2,1H3/t16?,19-/m0/s1. The number of ether oxygens (including phenoxy) is 1. The number of hydrogen-bond acceptors (Lipinski definition) is 5. The number of rotatable bonds is 5. The van der Waals surface area contributed by atoms with Crippen LogP contribution in [0.4, 0.5) is 23.7 Å². The molecule has 34 heavy (non-hydrogen) atoms. The van der Waals surface area contributed by atoms with Gasteiger partial charge in [0.1, 0.15) is 0 Å². The lowest BCUT2D eigenvalue weighted by Crippen LogP contribution is -2.49. The van der Waals surface area contributed by atoms with Crippen LogP contribution in [0.1, 0.15) is 31.7 Å². The van der Waals surface area contributed by atoms with Crippen LogP contribution in [0.3, 0.4) is 0 Å². The molecule has 0 aromatic heterocycles. The van der Waals surface area contributed by atoms with Crippen molar-refractivity contribution in [1.82, 2.24) is 14.7 Å². The third-order valence-corrected chi connectivity index (χ3v) is 7.10. The Morgan fingerprint density at radius 3 is 2.56 bits per heavy atom. The third kappa shape index (κ3) is 5.71. The van der Waals surface area contributed by atoms with Crippen molar-refractivity contribution in [2.45, 2.75) is 51.1 Å². The molecule has 3 saturated heterocycles. The Labute approximate surface area is 202 Å². The van der Waals surface area contributed by atoms with Gasteiger partial charge in [0.25, 0.3) is 0 Å². The van der Waals surface area contributed by atoms with Crippen molar-refractivity contribution in [2.75, 3.05) is 50.7 Å². The summed E-state index contributed by atoms with van der Waals surface area (Å²) in [4.78, 5) is 32.0. The molecule has 3 aliphatic heterocycles. The number of carbonyl (C=O) groups excluding carboxylic acids is 2. The fourth-order valence-electron chi connectivity index (χ4n) is 4.86. The van der Waals surface area contributed by atoms with E-state index in [0.29, 0.717) is 44.2 Å². The number of benzene rings is 1. The van der Waals surface area contributed by atoms with Crippen LogP contribution in [-0.2, 0) is 16.1 Å². The topological polar surface area (TPSA) is 56.3 Å². The Morgan fingerprint density at radius 1 is 1.18 bits per heavy atom. The molecule has 0 radical (unpaired) electrons. The molecular formula is C23H30ClF3N4O3. The quantitative estimate of drug-likeness (QED) is 0.614. The third-order valence-electron chi connectivity index (χ3n) is 6.87. The normalized spacial score (nSPS) is 23.0. The lowest BCUT2D eigenvalue weighted by Gasteiger charge is -2.35. The predicted molar refractivity (Wildman–Crippen MR) is 122 cm³/mol. The first-order valence-corrected chi connectivity index (χ1v) is 12.1. The van der Waals surface area contributed by atoms with Gasteiger partial charge in [0.2, 0.25) is 5.91 Å². The number of hydrogen-bond donors (Lipinski definition) is 0. The molecule has 7 nitrogen and oxygen atoms in total. The fraction of sp³-hybridized carbons (Fsp3) is 0.652. The van der Waals surface area contributed by atoms with Gasteiger partial charge in [0, 0.05) is 69.5 Å². The fourth-order valence-corrected chi connectivity index (χ4v) is 5.02. The van der Waals surface area contributed by atoms with Gasteiger partial charge in [-0.2, -0.15) is 13.2 Å². The first-order chi connectivity index (χ1) is 16.1. The van der Waals surface area contributed by atoms with Crippen molar-refractivity contribution in [3.05, 3.63) is 28.8 Å². The number of nitrogens with zero attached hydrogens (tertiary/aromatic N) is 4. The maximum Gasteiger partial charge on any atom is 0.425 e. The van der Waals surface area contributed by atoms with Gasteiger partial charge in [-0.15, -0.1) is 0 Å². The van der Waals surface area contributed by atoms with Gasteiger partial charge in [-0.3, -0.25) is 9.69 Å². The number of carbonyl (C=O) groups is 2. The van der Waals surface area contributed by atoms with E-state index in [1.165, 1.54) is 4.90 Å². The molecule has 1 aromatic carbocycles. The highest BCUT2D eigenvalue weighted by molar-refractivity contribution is 6.30. The molecule has 188 valence electrons. The second-order valence-electron chi connectivity index (χ2n) is 9.18. The second kappa shape index (κ2) is 10.2. The largest absolute Gasteiger partial charge is 0.437 e. The Balaban J connectivity index is 1.34. The smallest absolute Gasteiger partial charge is 0.425 e. The molecule has 1 unspecified atom stereocenters. The summed E-state index contributed by atoms with van der Waals surface area (Å²) >= 11 is 6.31. The molecule has 4 rings (SSSR count). The molecular weight excluding hydrogens is 473 g/mol. The number of amides is 2. The zero-order chi connectivity index (χ0) is 24.5. The number of alkyl halides is 3. The molecule has 2 amide bonds. The molecule has 0 N–H and O–H groups in total. The summed E-state index contributed by atoms with van der Waals surface area (Å²) in [6.07, 6.45) is -5.15. The van der Waals surface area contributed by atoms with Crippen molar-refractivity contribution in [3.8, 4) is 0 Å². The number of halogens is 4. The molecule has 0 bridgehead atoms. The van der Waals surface area contributed by atoms with Gasteiger partial charge >= 0.3 is 12.3 Å². The molecule has 2 atom stereocenters. The first-order valence-electron chi connectivity index (χ1n) is 11.7. The van der Waals surface area contributed by atoms with E-state index in [-0.39, 0.29) is 11.9 Å². The molecule has 1 aromatic rings. The van der Waals surface area contributed by atoms with E-state index in [1.54, 1.807) is 0 Å². The molecule has 0 saturated carbocycles. The highest BCUT2D eigenvalue weighted by Crippen LogP contribution is 2.31. The summed E-state index contributed by atoms with van der Waals surface area (Å²) in [6, 6.07) is 6.02. The lowest BCUT2D eigenvalue weighted by atomic mass is 10.1. The monoisotopic (exact) mass is 502 g/mol. The lowest BCUT2D eigenvalue weighted by molar-refractivity contribution is -0.200. The summed E-state index contributed by atoms with van der Waals surface area (Å²) in [5.74, 6) is 0.235. The Kier molecular flexibility index (Phi) is 7.47. The summed E-state index contributed by atoms with van der Waals surface area (Å²) < 4.78 is 42.6. The van der Waals surface area contributed by atoms with Crippen molar-refractivity contribution < 1.29 is 27.5 Å². The molecule has 3 aliphatic rings. The van der Waals surface area contributed by atoms with Crippen LogP contribution in [0.2, 0.25) is 5.02 Å².